The predicted octanol–water partition coefficient (Wildman–Crippen LogP) is 3.13. The maximum absolute atomic E-state index is 12.3. The van der Waals surface area contributed by atoms with Gasteiger partial charge in [-0.05, 0) is 23.8 Å². The first-order valence-corrected chi connectivity index (χ1v) is 8.25. The summed E-state index contributed by atoms with van der Waals surface area (Å²) in [5.41, 5.74) is 2.10. The molecule has 0 radical (unpaired) electrons. The second-order valence-electron chi connectivity index (χ2n) is 5.65. The molecule has 136 valence electrons. The highest BCUT2D eigenvalue weighted by atomic mass is 16.5. The van der Waals surface area contributed by atoms with Crippen LogP contribution in [-0.4, -0.2) is 29.0 Å². The largest absolute Gasteiger partial charge is 0.465 e. The number of esters is 1. The average Bonchev–Trinajstić information content (AvgIpc) is 2.73. The van der Waals surface area contributed by atoms with E-state index < -0.39 is 11.9 Å². The van der Waals surface area contributed by atoms with Crippen LogP contribution in [0.4, 0.5) is 11.5 Å². The molecule has 2 N–H and O–H groups in total. The number of nitrogens with zero attached hydrogens (tertiary/aromatic N) is 2. The molecule has 3 aromatic rings. The topological polar surface area (TPSA) is 93.2 Å². The highest BCUT2D eigenvalue weighted by Crippen LogP contribution is 2.13. The highest BCUT2D eigenvalue weighted by Gasteiger charge is 2.11. The first kappa shape index (κ1) is 18.1. The molecule has 0 aliphatic carbocycles. The van der Waals surface area contributed by atoms with Crippen molar-refractivity contribution in [2.75, 3.05) is 17.7 Å². The minimum absolute atomic E-state index is 0.170. The summed E-state index contributed by atoms with van der Waals surface area (Å²) in [4.78, 5) is 32.2. The van der Waals surface area contributed by atoms with Gasteiger partial charge in [-0.1, -0.05) is 36.4 Å². The van der Waals surface area contributed by atoms with Gasteiger partial charge in [0.15, 0.2) is 0 Å². The molecule has 0 saturated heterocycles. The van der Waals surface area contributed by atoms with Crippen LogP contribution in [0.25, 0.3) is 0 Å². The zero-order chi connectivity index (χ0) is 19.1. The van der Waals surface area contributed by atoms with Gasteiger partial charge in [0.25, 0.3) is 5.91 Å². The second kappa shape index (κ2) is 8.57. The number of aromatic nitrogens is 2. The fourth-order valence-electron chi connectivity index (χ4n) is 2.36. The van der Waals surface area contributed by atoms with Gasteiger partial charge in [0, 0.05) is 12.2 Å². The fourth-order valence-corrected chi connectivity index (χ4v) is 2.36. The normalized spacial score (nSPS) is 10.1. The Bertz CT molecular complexity index is 927. The van der Waals surface area contributed by atoms with Gasteiger partial charge in [0.05, 0.1) is 25.1 Å². The number of amides is 1. The third-order valence-corrected chi connectivity index (χ3v) is 3.74. The van der Waals surface area contributed by atoms with Crippen LogP contribution in [0.2, 0.25) is 0 Å². The summed E-state index contributed by atoms with van der Waals surface area (Å²) >= 11 is 0. The molecular formula is C20H18N4O3. The van der Waals surface area contributed by atoms with Crippen LogP contribution in [-0.2, 0) is 11.3 Å². The number of rotatable bonds is 6. The lowest BCUT2D eigenvalue weighted by molar-refractivity contribution is 0.0600. The van der Waals surface area contributed by atoms with Crippen molar-refractivity contribution in [2.45, 2.75) is 6.54 Å². The van der Waals surface area contributed by atoms with E-state index in [0.717, 1.165) is 5.56 Å². The Morgan fingerprint density at radius 1 is 1.00 bits per heavy atom. The van der Waals surface area contributed by atoms with E-state index in [4.69, 9.17) is 0 Å². The Morgan fingerprint density at radius 3 is 2.52 bits per heavy atom. The fraction of sp³-hybridized carbons (Fsp3) is 0.100. The summed E-state index contributed by atoms with van der Waals surface area (Å²) in [7, 11) is 1.30. The van der Waals surface area contributed by atoms with E-state index in [1.807, 2.05) is 30.3 Å². The van der Waals surface area contributed by atoms with Crippen molar-refractivity contribution in [3.63, 3.8) is 0 Å². The summed E-state index contributed by atoms with van der Waals surface area (Å²) in [6.45, 7) is 0.612. The van der Waals surface area contributed by atoms with E-state index in [1.165, 1.54) is 25.6 Å². The number of benzene rings is 2. The van der Waals surface area contributed by atoms with Gasteiger partial charge in [-0.25, -0.2) is 14.8 Å². The van der Waals surface area contributed by atoms with Gasteiger partial charge in [0.2, 0.25) is 0 Å². The van der Waals surface area contributed by atoms with Crippen LogP contribution in [0.3, 0.4) is 0 Å². The Hall–Kier alpha value is -3.74. The molecule has 0 bridgehead atoms. The molecule has 0 fully saturated rings. The van der Waals surface area contributed by atoms with Crippen molar-refractivity contribution in [2.24, 2.45) is 0 Å². The molecule has 27 heavy (non-hydrogen) atoms. The Kier molecular flexibility index (Phi) is 5.73. The zero-order valence-corrected chi connectivity index (χ0v) is 14.7. The van der Waals surface area contributed by atoms with Crippen molar-refractivity contribution in [1.29, 1.82) is 0 Å². The number of hydrogen-bond acceptors (Lipinski definition) is 6. The molecule has 1 heterocycles. The number of methoxy groups -OCH3 is 1. The van der Waals surface area contributed by atoms with Crippen LogP contribution in [0.15, 0.2) is 67.0 Å². The van der Waals surface area contributed by atoms with E-state index in [-0.39, 0.29) is 5.69 Å². The minimum atomic E-state index is -0.472. The van der Waals surface area contributed by atoms with Gasteiger partial charge in [0.1, 0.15) is 11.5 Å². The highest BCUT2D eigenvalue weighted by molar-refractivity contribution is 6.03. The maximum atomic E-state index is 12.3. The van der Waals surface area contributed by atoms with Gasteiger partial charge in [-0.15, -0.1) is 0 Å². The molecule has 0 saturated carbocycles. The van der Waals surface area contributed by atoms with Crippen LogP contribution < -0.4 is 10.6 Å². The van der Waals surface area contributed by atoms with Gasteiger partial charge >= 0.3 is 5.97 Å². The number of carbonyl (C=O) groups is 2. The minimum Gasteiger partial charge on any atom is -0.465 e. The van der Waals surface area contributed by atoms with Crippen LogP contribution in [0.5, 0.6) is 0 Å². The van der Waals surface area contributed by atoms with Gasteiger partial charge in [-0.2, -0.15) is 0 Å². The van der Waals surface area contributed by atoms with Crippen molar-refractivity contribution >= 4 is 23.4 Å². The number of hydrogen-bond donors (Lipinski definition) is 2. The monoisotopic (exact) mass is 362 g/mol. The molecule has 0 spiro atoms. The lowest BCUT2D eigenvalue weighted by Crippen LogP contribution is -2.15. The first-order valence-electron chi connectivity index (χ1n) is 8.25. The molecule has 1 amide bonds. The second-order valence-corrected chi connectivity index (χ2v) is 5.65. The summed E-state index contributed by atoms with van der Waals surface area (Å²) in [6.07, 6.45) is 2.90. The van der Waals surface area contributed by atoms with E-state index in [2.05, 4.69) is 25.3 Å². The number of nitrogens with one attached hydrogen (secondary N) is 2. The lowest BCUT2D eigenvalue weighted by Gasteiger charge is -2.08. The Labute approximate surface area is 156 Å². The van der Waals surface area contributed by atoms with Crippen molar-refractivity contribution < 1.29 is 14.3 Å². The van der Waals surface area contributed by atoms with Crippen LogP contribution in [0.1, 0.15) is 26.4 Å². The molecule has 3 rings (SSSR count). The Balaban J connectivity index is 1.61. The standard InChI is InChI=1S/C20H18N4O3/c1-27-20(26)15-8-5-9-16(10-15)24-19(25)17-12-23-18(13-21-17)22-11-14-6-3-2-4-7-14/h2-10,12-13H,11H2,1H3,(H,22,23)(H,24,25). The molecule has 1 aromatic heterocycles. The van der Waals surface area contributed by atoms with Crippen molar-refractivity contribution in [3.05, 3.63) is 83.8 Å². The summed E-state index contributed by atoms with van der Waals surface area (Å²) in [6, 6.07) is 16.4. The molecule has 7 nitrogen and oxygen atoms in total. The lowest BCUT2D eigenvalue weighted by atomic mass is 10.2. The summed E-state index contributed by atoms with van der Waals surface area (Å²) < 4.78 is 4.67. The third kappa shape index (κ3) is 4.88. The zero-order valence-electron chi connectivity index (χ0n) is 14.7. The van der Waals surface area contributed by atoms with E-state index in [1.54, 1.807) is 18.2 Å². The number of carbonyl (C=O) groups excluding carboxylic acids is 2. The van der Waals surface area contributed by atoms with Crippen LogP contribution in [0, 0.1) is 0 Å². The van der Waals surface area contributed by atoms with Gasteiger partial charge < -0.3 is 15.4 Å². The van der Waals surface area contributed by atoms with E-state index in [9.17, 15) is 9.59 Å². The quantitative estimate of drug-likeness (QED) is 0.655. The molecule has 0 atom stereocenters. The van der Waals surface area contributed by atoms with Crippen LogP contribution >= 0.6 is 0 Å². The summed E-state index contributed by atoms with van der Waals surface area (Å²) in [5, 5.41) is 5.83. The van der Waals surface area contributed by atoms with Crippen molar-refractivity contribution in [3.8, 4) is 0 Å². The number of ether oxygens (including phenoxy) is 1. The van der Waals surface area contributed by atoms with Gasteiger partial charge in [-0.3, -0.25) is 4.79 Å². The van der Waals surface area contributed by atoms with E-state index >= 15 is 0 Å². The molecule has 7 heteroatoms. The maximum Gasteiger partial charge on any atom is 0.337 e. The Morgan fingerprint density at radius 2 is 1.81 bits per heavy atom. The molecule has 0 aliphatic rings. The number of anilines is 2. The third-order valence-electron chi connectivity index (χ3n) is 3.74. The van der Waals surface area contributed by atoms with Crippen molar-refractivity contribution in [1.82, 2.24) is 9.97 Å². The smallest absolute Gasteiger partial charge is 0.337 e. The molecular weight excluding hydrogens is 344 g/mol. The SMILES string of the molecule is COC(=O)c1cccc(NC(=O)c2cnc(NCc3ccccc3)cn2)c1. The van der Waals surface area contributed by atoms with E-state index in [0.29, 0.717) is 23.6 Å². The molecule has 0 unspecified atom stereocenters. The summed E-state index contributed by atoms with van der Waals surface area (Å²) in [5.74, 6) is -0.318. The molecule has 2 aromatic carbocycles. The predicted molar refractivity (Wildman–Crippen MR) is 102 cm³/mol. The average molecular weight is 362 g/mol. The first-order chi connectivity index (χ1) is 13.2. The molecule has 0 aliphatic heterocycles.